The van der Waals surface area contributed by atoms with Crippen molar-refractivity contribution in [1.82, 2.24) is 9.88 Å². The minimum absolute atomic E-state index is 0.0746. The van der Waals surface area contributed by atoms with Gasteiger partial charge in [0.2, 0.25) is 5.91 Å². The van der Waals surface area contributed by atoms with Gasteiger partial charge < -0.3 is 15.6 Å². The summed E-state index contributed by atoms with van der Waals surface area (Å²) in [6.07, 6.45) is 2.39. The minimum Gasteiger partial charge on any atom is -0.354 e. The lowest BCUT2D eigenvalue weighted by Crippen LogP contribution is -2.35. The topological polar surface area (TPSA) is 77.1 Å². The Morgan fingerprint density at radius 1 is 1.50 bits per heavy atom. The number of pyridine rings is 1. The molecule has 1 amide bonds. The zero-order valence-electron chi connectivity index (χ0n) is 10.6. The molecule has 1 fully saturated rings. The highest BCUT2D eigenvalue weighted by molar-refractivity contribution is 5.75. The van der Waals surface area contributed by atoms with Gasteiger partial charge in [0.1, 0.15) is 6.54 Å². The SMILES string of the molecule is Cc1ccc(CN)c(=O)n1CC(=O)NCC1CC1. The molecule has 1 heterocycles. The summed E-state index contributed by atoms with van der Waals surface area (Å²) >= 11 is 0. The standard InChI is InChI=1S/C13H19N3O2/c1-9-2-5-11(6-14)13(18)16(9)8-12(17)15-7-10-3-4-10/h2,5,10H,3-4,6-8,14H2,1H3,(H,15,17). The molecule has 2 rings (SSSR count). The van der Waals surface area contributed by atoms with Crippen LogP contribution < -0.4 is 16.6 Å². The van der Waals surface area contributed by atoms with Crippen LogP contribution in [0.3, 0.4) is 0 Å². The van der Waals surface area contributed by atoms with E-state index in [4.69, 9.17) is 5.73 Å². The van der Waals surface area contributed by atoms with Gasteiger partial charge in [0.05, 0.1) is 0 Å². The van der Waals surface area contributed by atoms with Crippen molar-refractivity contribution in [2.75, 3.05) is 6.54 Å². The lowest BCUT2D eigenvalue weighted by Gasteiger charge is -2.11. The monoisotopic (exact) mass is 249 g/mol. The summed E-state index contributed by atoms with van der Waals surface area (Å²) in [5.74, 6) is 0.531. The summed E-state index contributed by atoms with van der Waals surface area (Å²) in [6.45, 7) is 2.81. The first-order valence-corrected chi connectivity index (χ1v) is 6.28. The molecule has 0 aliphatic heterocycles. The molecule has 1 aromatic rings. The summed E-state index contributed by atoms with van der Waals surface area (Å²) in [5, 5.41) is 2.86. The molecule has 0 saturated heterocycles. The summed E-state index contributed by atoms with van der Waals surface area (Å²) in [4.78, 5) is 23.8. The first-order chi connectivity index (χ1) is 8.61. The van der Waals surface area contributed by atoms with Gasteiger partial charge in [-0.05, 0) is 31.7 Å². The number of hydrogen-bond acceptors (Lipinski definition) is 3. The number of aryl methyl sites for hydroxylation is 1. The summed E-state index contributed by atoms with van der Waals surface area (Å²) in [6, 6.07) is 3.54. The highest BCUT2D eigenvalue weighted by Gasteiger charge is 2.21. The van der Waals surface area contributed by atoms with Gasteiger partial charge in [0.25, 0.3) is 5.56 Å². The number of rotatable bonds is 5. The zero-order chi connectivity index (χ0) is 13.1. The molecule has 1 aromatic heterocycles. The number of carbonyl (C=O) groups is 1. The van der Waals surface area contributed by atoms with Gasteiger partial charge in [-0.1, -0.05) is 6.07 Å². The van der Waals surface area contributed by atoms with Crippen LogP contribution in [0.25, 0.3) is 0 Å². The Hall–Kier alpha value is -1.62. The number of aromatic nitrogens is 1. The number of hydrogen-bond donors (Lipinski definition) is 2. The van der Waals surface area contributed by atoms with E-state index in [2.05, 4.69) is 5.32 Å². The van der Waals surface area contributed by atoms with Crippen LogP contribution >= 0.6 is 0 Å². The van der Waals surface area contributed by atoms with Crippen molar-refractivity contribution in [3.05, 3.63) is 33.7 Å². The summed E-state index contributed by atoms with van der Waals surface area (Å²) < 4.78 is 1.48. The Bertz CT molecular complexity index is 503. The molecule has 0 spiro atoms. The van der Waals surface area contributed by atoms with Crippen LogP contribution in [0.15, 0.2) is 16.9 Å². The van der Waals surface area contributed by atoms with Crippen molar-refractivity contribution in [3.63, 3.8) is 0 Å². The van der Waals surface area contributed by atoms with Crippen LogP contribution in [0.5, 0.6) is 0 Å². The fourth-order valence-electron chi connectivity index (χ4n) is 1.85. The van der Waals surface area contributed by atoms with Crippen molar-refractivity contribution < 1.29 is 4.79 Å². The zero-order valence-corrected chi connectivity index (χ0v) is 10.6. The maximum absolute atomic E-state index is 12.0. The van der Waals surface area contributed by atoms with Gasteiger partial charge >= 0.3 is 0 Å². The number of carbonyl (C=O) groups excluding carboxylic acids is 1. The highest BCUT2D eigenvalue weighted by atomic mass is 16.2. The average molecular weight is 249 g/mol. The van der Waals surface area contributed by atoms with E-state index < -0.39 is 0 Å². The predicted octanol–water partition coefficient (Wildman–Crippen LogP) is 0.142. The minimum atomic E-state index is -0.168. The average Bonchev–Trinajstić information content (AvgIpc) is 3.16. The molecule has 5 nitrogen and oxygen atoms in total. The van der Waals surface area contributed by atoms with Crippen molar-refractivity contribution in [2.24, 2.45) is 11.7 Å². The van der Waals surface area contributed by atoms with Gasteiger partial charge in [-0.3, -0.25) is 9.59 Å². The maximum Gasteiger partial charge on any atom is 0.255 e. The Morgan fingerprint density at radius 2 is 2.22 bits per heavy atom. The van der Waals surface area contributed by atoms with Crippen molar-refractivity contribution in [1.29, 1.82) is 0 Å². The molecule has 1 aliphatic carbocycles. The van der Waals surface area contributed by atoms with Crippen LogP contribution in [-0.2, 0) is 17.9 Å². The molecule has 98 valence electrons. The van der Waals surface area contributed by atoms with E-state index in [1.807, 2.05) is 13.0 Å². The Balaban J connectivity index is 2.07. The molecule has 1 aliphatic rings. The van der Waals surface area contributed by atoms with E-state index in [-0.39, 0.29) is 24.6 Å². The van der Waals surface area contributed by atoms with Crippen molar-refractivity contribution in [2.45, 2.75) is 32.9 Å². The Morgan fingerprint density at radius 3 is 2.83 bits per heavy atom. The lowest BCUT2D eigenvalue weighted by molar-refractivity contribution is -0.121. The molecule has 5 heteroatoms. The van der Waals surface area contributed by atoms with Crippen LogP contribution in [0.4, 0.5) is 0 Å². The lowest BCUT2D eigenvalue weighted by atomic mass is 10.2. The quantitative estimate of drug-likeness (QED) is 0.779. The van der Waals surface area contributed by atoms with Gasteiger partial charge in [-0.2, -0.15) is 0 Å². The van der Waals surface area contributed by atoms with E-state index in [9.17, 15) is 9.59 Å². The van der Waals surface area contributed by atoms with Gasteiger partial charge in [0.15, 0.2) is 0 Å². The van der Waals surface area contributed by atoms with Crippen LogP contribution in [0.1, 0.15) is 24.1 Å². The molecule has 0 aromatic carbocycles. The molecule has 0 bridgehead atoms. The van der Waals surface area contributed by atoms with E-state index in [1.54, 1.807) is 6.07 Å². The molecule has 0 radical (unpaired) electrons. The van der Waals surface area contributed by atoms with E-state index in [0.717, 1.165) is 12.2 Å². The normalized spacial score (nSPS) is 14.6. The first kappa shape index (κ1) is 12.8. The highest BCUT2D eigenvalue weighted by Crippen LogP contribution is 2.27. The third-order valence-corrected chi connectivity index (χ3v) is 3.28. The molecular formula is C13H19N3O2. The van der Waals surface area contributed by atoms with Gasteiger partial charge in [-0.15, -0.1) is 0 Å². The second kappa shape index (κ2) is 5.35. The van der Waals surface area contributed by atoms with E-state index >= 15 is 0 Å². The summed E-state index contributed by atoms with van der Waals surface area (Å²) in [7, 11) is 0. The smallest absolute Gasteiger partial charge is 0.255 e. The van der Waals surface area contributed by atoms with Gasteiger partial charge in [-0.25, -0.2) is 0 Å². The summed E-state index contributed by atoms with van der Waals surface area (Å²) in [5.41, 5.74) is 6.64. The third-order valence-electron chi connectivity index (χ3n) is 3.28. The first-order valence-electron chi connectivity index (χ1n) is 6.28. The Labute approximate surface area is 106 Å². The fraction of sp³-hybridized carbons (Fsp3) is 0.538. The molecule has 3 N–H and O–H groups in total. The molecule has 18 heavy (non-hydrogen) atoms. The number of amides is 1. The molecule has 0 unspecified atom stereocenters. The number of nitrogens with zero attached hydrogens (tertiary/aromatic N) is 1. The second-order valence-electron chi connectivity index (χ2n) is 4.84. The van der Waals surface area contributed by atoms with Crippen LogP contribution in [0.2, 0.25) is 0 Å². The Kier molecular flexibility index (Phi) is 3.81. The predicted molar refractivity (Wildman–Crippen MR) is 69.1 cm³/mol. The maximum atomic E-state index is 12.0. The largest absolute Gasteiger partial charge is 0.354 e. The van der Waals surface area contributed by atoms with Crippen LogP contribution in [0, 0.1) is 12.8 Å². The van der Waals surface area contributed by atoms with E-state index in [0.29, 0.717) is 11.5 Å². The molecule has 1 saturated carbocycles. The molecular weight excluding hydrogens is 230 g/mol. The van der Waals surface area contributed by atoms with Gasteiger partial charge in [0, 0.05) is 24.3 Å². The number of nitrogens with one attached hydrogen (secondary N) is 1. The molecule has 0 atom stereocenters. The van der Waals surface area contributed by atoms with Crippen LogP contribution in [-0.4, -0.2) is 17.0 Å². The third kappa shape index (κ3) is 2.98. The van der Waals surface area contributed by atoms with Crippen molar-refractivity contribution >= 4 is 5.91 Å². The fourth-order valence-corrected chi connectivity index (χ4v) is 1.85. The number of nitrogens with two attached hydrogens (primary N) is 1. The van der Waals surface area contributed by atoms with Crippen molar-refractivity contribution in [3.8, 4) is 0 Å². The van der Waals surface area contributed by atoms with E-state index in [1.165, 1.54) is 17.4 Å². The second-order valence-corrected chi connectivity index (χ2v) is 4.84.